The minimum absolute atomic E-state index is 0.0720. The van der Waals surface area contributed by atoms with E-state index in [0.29, 0.717) is 6.42 Å². The van der Waals surface area contributed by atoms with Gasteiger partial charge < -0.3 is 16.0 Å². The zero-order valence-electron chi connectivity index (χ0n) is 13.1. The van der Waals surface area contributed by atoms with Gasteiger partial charge in [0, 0.05) is 30.1 Å². The Morgan fingerprint density at radius 3 is 2.52 bits per heavy atom. The molecule has 1 heterocycles. The molecule has 1 saturated carbocycles. The molecule has 21 heavy (non-hydrogen) atoms. The Labute approximate surface area is 125 Å². The molecule has 1 atom stereocenters. The third-order valence-electron chi connectivity index (χ3n) is 3.67. The normalized spacial score (nSPS) is 15.7. The number of imidazole rings is 1. The van der Waals surface area contributed by atoms with Crippen LogP contribution in [0.3, 0.4) is 0 Å². The molecule has 0 spiro atoms. The summed E-state index contributed by atoms with van der Waals surface area (Å²) < 4.78 is 0. The number of hydrogen-bond acceptors (Lipinski definition) is 4. The van der Waals surface area contributed by atoms with E-state index < -0.39 is 6.04 Å². The van der Waals surface area contributed by atoms with Crippen molar-refractivity contribution in [3.8, 4) is 0 Å². The average Bonchev–Trinajstić information content (AvgIpc) is 2.91. The molecule has 1 aromatic heterocycles. The maximum atomic E-state index is 12.4. The summed E-state index contributed by atoms with van der Waals surface area (Å²) in [6.45, 7) is 3.66. The van der Waals surface area contributed by atoms with Gasteiger partial charge in [-0.05, 0) is 19.9 Å². The third-order valence-corrected chi connectivity index (χ3v) is 3.67. The Bertz CT molecular complexity index is 439. The molecule has 0 radical (unpaired) electrons. The van der Waals surface area contributed by atoms with E-state index in [1.54, 1.807) is 12.5 Å². The molecule has 1 amide bonds. The first-order valence-electron chi connectivity index (χ1n) is 7.47. The van der Waals surface area contributed by atoms with Crippen molar-refractivity contribution in [2.75, 3.05) is 7.05 Å². The first-order chi connectivity index (χ1) is 10.1. The molecule has 1 aromatic rings. The van der Waals surface area contributed by atoms with Gasteiger partial charge in [-0.15, -0.1) is 0 Å². The molecule has 0 saturated heterocycles. The molecule has 118 valence electrons. The molecule has 6 heteroatoms. The number of carbonyl (C=O) groups excluding carboxylic acids is 2. The predicted octanol–water partition coefficient (Wildman–Crippen LogP) is 1.04. The van der Waals surface area contributed by atoms with Crippen molar-refractivity contribution >= 4 is 11.7 Å². The summed E-state index contributed by atoms with van der Waals surface area (Å²) in [6.07, 6.45) is 6.80. The fourth-order valence-electron chi connectivity index (χ4n) is 2.15. The minimum Gasteiger partial charge on any atom is -0.348 e. The van der Waals surface area contributed by atoms with E-state index in [-0.39, 0.29) is 23.5 Å². The molecule has 2 rings (SSSR count). The Balaban J connectivity index is 0.00000106. The molecule has 0 aliphatic heterocycles. The SMILES string of the molecule is CC(C)C(=O)NC(Cc1cnc[nH]1)C(=O)C1CCC1.CN. The van der Waals surface area contributed by atoms with Crippen LogP contribution < -0.4 is 11.1 Å². The van der Waals surface area contributed by atoms with Crippen LogP contribution in [0.4, 0.5) is 0 Å². The van der Waals surface area contributed by atoms with E-state index in [0.717, 1.165) is 25.0 Å². The molecule has 1 aliphatic carbocycles. The maximum Gasteiger partial charge on any atom is 0.223 e. The van der Waals surface area contributed by atoms with Gasteiger partial charge >= 0.3 is 0 Å². The number of ketones is 1. The van der Waals surface area contributed by atoms with Crippen LogP contribution in [0.5, 0.6) is 0 Å². The zero-order valence-corrected chi connectivity index (χ0v) is 13.1. The van der Waals surface area contributed by atoms with Crippen LogP contribution in [0.1, 0.15) is 38.8 Å². The van der Waals surface area contributed by atoms with E-state index in [1.165, 1.54) is 7.05 Å². The van der Waals surface area contributed by atoms with Crippen LogP contribution >= 0.6 is 0 Å². The summed E-state index contributed by atoms with van der Waals surface area (Å²) in [5.41, 5.74) is 5.38. The number of aromatic amines is 1. The van der Waals surface area contributed by atoms with Crippen molar-refractivity contribution in [1.82, 2.24) is 15.3 Å². The van der Waals surface area contributed by atoms with Crippen molar-refractivity contribution in [1.29, 1.82) is 0 Å². The lowest BCUT2D eigenvalue weighted by molar-refractivity contribution is -0.132. The summed E-state index contributed by atoms with van der Waals surface area (Å²) in [4.78, 5) is 31.1. The largest absolute Gasteiger partial charge is 0.348 e. The van der Waals surface area contributed by atoms with Crippen LogP contribution in [-0.2, 0) is 16.0 Å². The van der Waals surface area contributed by atoms with Gasteiger partial charge in [-0.1, -0.05) is 20.3 Å². The van der Waals surface area contributed by atoms with Gasteiger partial charge in [0.1, 0.15) is 0 Å². The molecule has 0 aromatic carbocycles. The number of aromatic nitrogens is 2. The van der Waals surface area contributed by atoms with Gasteiger partial charge in [0.2, 0.25) is 5.91 Å². The number of nitrogens with two attached hydrogens (primary N) is 1. The van der Waals surface area contributed by atoms with Gasteiger partial charge in [0.05, 0.1) is 12.4 Å². The van der Waals surface area contributed by atoms with Gasteiger partial charge in [-0.3, -0.25) is 9.59 Å². The van der Waals surface area contributed by atoms with Crippen LogP contribution in [0, 0.1) is 11.8 Å². The van der Waals surface area contributed by atoms with Crippen molar-refractivity contribution in [3.05, 3.63) is 18.2 Å². The second-order valence-corrected chi connectivity index (χ2v) is 5.53. The molecule has 1 fully saturated rings. The highest BCUT2D eigenvalue weighted by Gasteiger charge is 2.32. The first kappa shape index (κ1) is 17.4. The summed E-state index contributed by atoms with van der Waals surface area (Å²) in [6, 6.07) is -0.430. The standard InChI is InChI=1S/C14H21N3O2.CH5N/c1-9(2)14(19)17-12(6-11-7-15-8-16-11)13(18)10-4-3-5-10;1-2/h7-10,12H,3-6H2,1-2H3,(H,15,16)(H,17,19);2H2,1H3. The Hall–Kier alpha value is -1.69. The highest BCUT2D eigenvalue weighted by atomic mass is 16.2. The summed E-state index contributed by atoms with van der Waals surface area (Å²) in [5, 5.41) is 2.87. The number of nitrogens with zero attached hydrogens (tertiary/aromatic N) is 1. The van der Waals surface area contributed by atoms with Gasteiger partial charge in [-0.25, -0.2) is 4.98 Å². The second-order valence-electron chi connectivity index (χ2n) is 5.53. The highest BCUT2D eigenvalue weighted by molar-refractivity contribution is 5.91. The monoisotopic (exact) mass is 294 g/mol. The minimum atomic E-state index is -0.430. The van der Waals surface area contributed by atoms with Crippen LogP contribution in [0.15, 0.2) is 12.5 Å². The molecular weight excluding hydrogens is 268 g/mol. The summed E-state index contributed by atoms with van der Waals surface area (Å²) in [7, 11) is 1.50. The number of nitrogens with one attached hydrogen (secondary N) is 2. The Morgan fingerprint density at radius 2 is 2.10 bits per heavy atom. The summed E-state index contributed by atoms with van der Waals surface area (Å²) in [5.74, 6) is 0.103. The van der Waals surface area contributed by atoms with Crippen molar-refractivity contribution in [3.63, 3.8) is 0 Å². The van der Waals surface area contributed by atoms with E-state index in [1.807, 2.05) is 13.8 Å². The number of rotatable bonds is 6. The maximum absolute atomic E-state index is 12.4. The lowest BCUT2D eigenvalue weighted by Crippen LogP contribution is -2.47. The topological polar surface area (TPSA) is 101 Å². The molecule has 1 aliphatic rings. The number of hydrogen-bond donors (Lipinski definition) is 3. The van der Waals surface area contributed by atoms with Crippen molar-refractivity contribution in [2.24, 2.45) is 17.6 Å². The lowest BCUT2D eigenvalue weighted by atomic mass is 9.79. The predicted molar refractivity (Wildman–Crippen MR) is 81.5 cm³/mol. The number of Topliss-reactive ketones (excluding diaryl/α,β-unsaturated/α-hetero) is 1. The molecular formula is C15H26N4O2. The van der Waals surface area contributed by atoms with E-state index >= 15 is 0 Å². The highest BCUT2D eigenvalue weighted by Crippen LogP contribution is 2.28. The fraction of sp³-hybridized carbons (Fsp3) is 0.667. The lowest BCUT2D eigenvalue weighted by Gasteiger charge is -2.29. The zero-order chi connectivity index (χ0) is 15.8. The van der Waals surface area contributed by atoms with Crippen LogP contribution in [0.2, 0.25) is 0 Å². The molecule has 4 N–H and O–H groups in total. The first-order valence-corrected chi connectivity index (χ1v) is 7.47. The number of carbonyl (C=O) groups is 2. The quantitative estimate of drug-likeness (QED) is 0.729. The molecule has 1 unspecified atom stereocenters. The van der Waals surface area contributed by atoms with Crippen LogP contribution in [-0.4, -0.2) is 34.7 Å². The van der Waals surface area contributed by atoms with Crippen molar-refractivity contribution in [2.45, 2.75) is 45.6 Å². The Kier molecular flexibility index (Phi) is 7.08. The fourth-order valence-corrected chi connectivity index (χ4v) is 2.15. The summed E-state index contributed by atoms with van der Waals surface area (Å²) >= 11 is 0. The van der Waals surface area contributed by atoms with Gasteiger partial charge in [0.25, 0.3) is 0 Å². The molecule has 0 bridgehead atoms. The van der Waals surface area contributed by atoms with Gasteiger partial charge in [0.15, 0.2) is 5.78 Å². The molecule has 6 nitrogen and oxygen atoms in total. The average molecular weight is 294 g/mol. The van der Waals surface area contributed by atoms with Crippen molar-refractivity contribution < 1.29 is 9.59 Å². The van der Waals surface area contributed by atoms with E-state index in [2.05, 4.69) is 21.0 Å². The number of amides is 1. The smallest absolute Gasteiger partial charge is 0.223 e. The second kappa shape index (κ2) is 8.56. The third kappa shape index (κ3) is 4.97. The number of H-pyrrole nitrogens is 1. The van der Waals surface area contributed by atoms with E-state index in [9.17, 15) is 9.59 Å². The Morgan fingerprint density at radius 1 is 1.43 bits per heavy atom. The van der Waals surface area contributed by atoms with Crippen LogP contribution in [0.25, 0.3) is 0 Å². The van der Waals surface area contributed by atoms with E-state index in [4.69, 9.17) is 0 Å². The van der Waals surface area contributed by atoms with Gasteiger partial charge in [-0.2, -0.15) is 0 Å².